The Balaban J connectivity index is 2.12. The molecule has 1 aliphatic heterocycles. The lowest BCUT2D eigenvalue weighted by atomic mass is 10.2. The fourth-order valence-corrected chi connectivity index (χ4v) is 2.08. The molecule has 1 atom stereocenters. The standard InChI is InChI=1S/C12H16N2O3/c1-14(8-9-3-2-6-17-9)11-4-5-13-7-10(11)12(15)16/h4-5,7,9H,2-3,6,8H2,1H3,(H,15,16). The van der Waals surface area contributed by atoms with Crippen LogP contribution in [-0.4, -0.2) is 42.4 Å². The Hall–Kier alpha value is -1.62. The zero-order chi connectivity index (χ0) is 12.3. The number of carbonyl (C=O) groups is 1. The molecule has 1 unspecified atom stereocenters. The summed E-state index contributed by atoms with van der Waals surface area (Å²) in [6, 6.07) is 1.72. The van der Waals surface area contributed by atoms with Gasteiger partial charge in [-0.15, -0.1) is 0 Å². The molecule has 92 valence electrons. The summed E-state index contributed by atoms with van der Waals surface area (Å²) in [5.41, 5.74) is 0.913. The molecule has 0 spiro atoms. The summed E-state index contributed by atoms with van der Waals surface area (Å²) in [5.74, 6) is -0.952. The minimum absolute atomic E-state index is 0.204. The van der Waals surface area contributed by atoms with Crippen molar-refractivity contribution in [2.45, 2.75) is 18.9 Å². The van der Waals surface area contributed by atoms with Gasteiger partial charge < -0.3 is 14.7 Å². The summed E-state index contributed by atoms with van der Waals surface area (Å²) < 4.78 is 5.54. The van der Waals surface area contributed by atoms with E-state index >= 15 is 0 Å². The summed E-state index contributed by atoms with van der Waals surface area (Å²) in [4.78, 5) is 16.8. The van der Waals surface area contributed by atoms with Crippen LogP contribution in [0.15, 0.2) is 18.5 Å². The molecule has 0 amide bonds. The van der Waals surface area contributed by atoms with Crippen molar-refractivity contribution in [2.24, 2.45) is 0 Å². The Morgan fingerprint density at radius 2 is 2.53 bits per heavy atom. The number of carboxylic acid groups (broad SMARTS) is 1. The number of rotatable bonds is 4. The number of ether oxygens (including phenoxy) is 1. The first-order chi connectivity index (χ1) is 8.18. The van der Waals surface area contributed by atoms with Crippen LogP contribution < -0.4 is 4.90 Å². The molecule has 0 aliphatic carbocycles. The van der Waals surface area contributed by atoms with Crippen molar-refractivity contribution in [3.63, 3.8) is 0 Å². The average molecular weight is 236 g/mol. The SMILES string of the molecule is CN(CC1CCCO1)c1ccncc1C(=O)O. The Labute approximate surface area is 100 Å². The van der Waals surface area contributed by atoms with E-state index in [-0.39, 0.29) is 11.7 Å². The van der Waals surface area contributed by atoms with Gasteiger partial charge in [0.15, 0.2) is 0 Å². The Morgan fingerprint density at radius 3 is 3.18 bits per heavy atom. The van der Waals surface area contributed by atoms with Crippen LogP contribution in [-0.2, 0) is 4.74 Å². The highest BCUT2D eigenvalue weighted by atomic mass is 16.5. The first kappa shape index (κ1) is 11.9. The van der Waals surface area contributed by atoms with Crippen molar-refractivity contribution in [1.82, 2.24) is 4.98 Å². The second-order valence-corrected chi connectivity index (χ2v) is 4.21. The third kappa shape index (κ3) is 2.74. The minimum Gasteiger partial charge on any atom is -0.478 e. The molecule has 0 aromatic carbocycles. The van der Waals surface area contributed by atoms with Gasteiger partial charge in [0.1, 0.15) is 5.56 Å². The molecule has 17 heavy (non-hydrogen) atoms. The van der Waals surface area contributed by atoms with Crippen LogP contribution in [0.4, 0.5) is 5.69 Å². The van der Waals surface area contributed by atoms with E-state index in [0.29, 0.717) is 12.2 Å². The Bertz CT molecular complexity index is 402. The van der Waals surface area contributed by atoms with Crippen molar-refractivity contribution >= 4 is 11.7 Å². The molecule has 1 saturated heterocycles. The van der Waals surface area contributed by atoms with Gasteiger partial charge in [-0.25, -0.2) is 4.79 Å². The van der Waals surface area contributed by atoms with Gasteiger partial charge in [0.25, 0.3) is 0 Å². The van der Waals surface area contributed by atoms with E-state index in [1.807, 2.05) is 11.9 Å². The average Bonchev–Trinajstić information content (AvgIpc) is 2.81. The molecule has 5 heteroatoms. The lowest BCUT2D eigenvalue weighted by Gasteiger charge is -2.23. The van der Waals surface area contributed by atoms with Crippen LogP contribution in [0.25, 0.3) is 0 Å². The lowest BCUT2D eigenvalue weighted by molar-refractivity contribution is 0.0696. The van der Waals surface area contributed by atoms with E-state index in [1.54, 1.807) is 12.3 Å². The van der Waals surface area contributed by atoms with E-state index in [9.17, 15) is 4.79 Å². The summed E-state index contributed by atoms with van der Waals surface area (Å²) in [5, 5.41) is 9.08. The lowest BCUT2D eigenvalue weighted by Crippen LogP contribution is -2.29. The highest BCUT2D eigenvalue weighted by Gasteiger charge is 2.20. The highest BCUT2D eigenvalue weighted by molar-refractivity contribution is 5.93. The maximum Gasteiger partial charge on any atom is 0.339 e. The fraction of sp³-hybridized carbons (Fsp3) is 0.500. The summed E-state index contributed by atoms with van der Waals surface area (Å²) >= 11 is 0. The van der Waals surface area contributed by atoms with Gasteiger partial charge in [0, 0.05) is 32.6 Å². The van der Waals surface area contributed by atoms with Gasteiger partial charge in [0.05, 0.1) is 11.8 Å². The van der Waals surface area contributed by atoms with E-state index < -0.39 is 5.97 Å². The minimum atomic E-state index is -0.952. The zero-order valence-electron chi connectivity index (χ0n) is 9.80. The monoisotopic (exact) mass is 236 g/mol. The predicted octanol–water partition coefficient (Wildman–Crippen LogP) is 1.40. The van der Waals surface area contributed by atoms with Crippen LogP contribution in [0.3, 0.4) is 0 Å². The van der Waals surface area contributed by atoms with Gasteiger partial charge in [-0.2, -0.15) is 0 Å². The second kappa shape index (κ2) is 5.14. The maximum absolute atomic E-state index is 11.1. The molecular weight excluding hydrogens is 220 g/mol. The van der Waals surface area contributed by atoms with E-state index in [1.165, 1.54) is 6.20 Å². The summed E-state index contributed by atoms with van der Waals surface area (Å²) in [6.07, 6.45) is 5.31. The molecular formula is C12H16N2O3. The van der Waals surface area contributed by atoms with Crippen molar-refractivity contribution in [2.75, 3.05) is 25.1 Å². The van der Waals surface area contributed by atoms with Crippen molar-refractivity contribution in [3.05, 3.63) is 24.0 Å². The summed E-state index contributed by atoms with van der Waals surface area (Å²) in [7, 11) is 1.88. The fourth-order valence-electron chi connectivity index (χ4n) is 2.08. The van der Waals surface area contributed by atoms with Gasteiger partial charge in [0.2, 0.25) is 0 Å². The van der Waals surface area contributed by atoms with Gasteiger partial charge in [-0.05, 0) is 18.9 Å². The van der Waals surface area contributed by atoms with Crippen molar-refractivity contribution in [1.29, 1.82) is 0 Å². The number of nitrogens with zero attached hydrogens (tertiary/aromatic N) is 2. The number of aromatic carboxylic acids is 1. The number of hydrogen-bond acceptors (Lipinski definition) is 4. The Kier molecular flexibility index (Phi) is 3.58. The predicted molar refractivity (Wildman–Crippen MR) is 63.4 cm³/mol. The van der Waals surface area contributed by atoms with E-state index in [4.69, 9.17) is 9.84 Å². The van der Waals surface area contributed by atoms with Crippen LogP contribution >= 0.6 is 0 Å². The largest absolute Gasteiger partial charge is 0.478 e. The molecule has 1 aromatic heterocycles. The van der Waals surface area contributed by atoms with Gasteiger partial charge in [-0.3, -0.25) is 4.98 Å². The van der Waals surface area contributed by atoms with Crippen LogP contribution in [0.1, 0.15) is 23.2 Å². The first-order valence-electron chi connectivity index (χ1n) is 5.68. The van der Waals surface area contributed by atoms with Crippen LogP contribution in [0, 0.1) is 0 Å². The molecule has 0 saturated carbocycles. The number of likely N-dealkylation sites (N-methyl/N-ethyl adjacent to an activating group) is 1. The Morgan fingerprint density at radius 1 is 1.71 bits per heavy atom. The number of carboxylic acids is 1. The molecule has 0 bridgehead atoms. The quantitative estimate of drug-likeness (QED) is 0.856. The van der Waals surface area contributed by atoms with Gasteiger partial charge >= 0.3 is 5.97 Å². The molecule has 2 heterocycles. The molecule has 0 radical (unpaired) electrons. The molecule has 1 N–H and O–H groups in total. The van der Waals surface area contributed by atoms with E-state index in [0.717, 1.165) is 19.4 Å². The summed E-state index contributed by atoms with van der Waals surface area (Å²) in [6.45, 7) is 1.52. The molecule has 2 rings (SSSR count). The highest BCUT2D eigenvalue weighted by Crippen LogP contribution is 2.21. The molecule has 5 nitrogen and oxygen atoms in total. The number of aromatic nitrogens is 1. The zero-order valence-corrected chi connectivity index (χ0v) is 9.80. The van der Waals surface area contributed by atoms with Crippen LogP contribution in [0.5, 0.6) is 0 Å². The first-order valence-corrected chi connectivity index (χ1v) is 5.68. The molecule has 1 aliphatic rings. The maximum atomic E-state index is 11.1. The van der Waals surface area contributed by atoms with Crippen molar-refractivity contribution in [3.8, 4) is 0 Å². The number of anilines is 1. The molecule has 1 fully saturated rings. The number of hydrogen-bond donors (Lipinski definition) is 1. The number of pyridine rings is 1. The van der Waals surface area contributed by atoms with Crippen molar-refractivity contribution < 1.29 is 14.6 Å². The third-order valence-electron chi connectivity index (χ3n) is 2.94. The van der Waals surface area contributed by atoms with E-state index in [2.05, 4.69) is 4.98 Å². The third-order valence-corrected chi connectivity index (χ3v) is 2.94. The normalized spacial score (nSPS) is 19.2. The topological polar surface area (TPSA) is 62.7 Å². The van der Waals surface area contributed by atoms with Crippen LogP contribution in [0.2, 0.25) is 0 Å². The smallest absolute Gasteiger partial charge is 0.339 e. The van der Waals surface area contributed by atoms with Gasteiger partial charge in [-0.1, -0.05) is 0 Å². The second-order valence-electron chi connectivity index (χ2n) is 4.21. The molecule has 1 aromatic rings.